The smallest absolute Gasteiger partial charge is 0.352 e. The van der Waals surface area contributed by atoms with Gasteiger partial charge in [-0.05, 0) is 35.9 Å². The van der Waals surface area contributed by atoms with Gasteiger partial charge in [-0.25, -0.2) is 13.9 Å². The molecule has 8 heteroatoms. The van der Waals surface area contributed by atoms with Crippen LogP contribution in [0.2, 0.25) is 0 Å². The maximum absolute atomic E-state index is 13.0. The van der Waals surface area contributed by atoms with Crippen molar-refractivity contribution in [3.8, 4) is 0 Å². The molecule has 1 aliphatic heterocycles. The number of carbonyl (C=O) groups is 2. The van der Waals surface area contributed by atoms with Crippen LogP contribution in [0.3, 0.4) is 0 Å². The second kappa shape index (κ2) is 6.99. The maximum Gasteiger partial charge on any atom is 0.352 e. The van der Waals surface area contributed by atoms with Crippen LogP contribution in [-0.2, 0) is 4.79 Å². The Hall–Kier alpha value is -3.94. The van der Waals surface area contributed by atoms with Gasteiger partial charge in [-0.2, -0.15) is 5.10 Å². The van der Waals surface area contributed by atoms with Gasteiger partial charge >= 0.3 is 5.97 Å². The number of hydrogen-bond acceptors (Lipinski definition) is 4. The van der Waals surface area contributed by atoms with Gasteiger partial charge in [-0.3, -0.25) is 4.79 Å². The minimum atomic E-state index is -1.14. The summed E-state index contributed by atoms with van der Waals surface area (Å²) in [5, 5.41) is 19.2. The first-order chi connectivity index (χ1) is 13.5. The Labute approximate surface area is 159 Å². The van der Waals surface area contributed by atoms with Crippen LogP contribution in [0.25, 0.3) is 0 Å². The number of rotatable bonds is 4. The quantitative estimate of drug-likeness (QED) is 0.648. The number of hydrogen-bond donors (Lipinski definition) is 3. The summed E-state index contributed by atoms with van der Waals surface area (Å²) in [5.41, 5.74) is 1.38. The van der Waals surface area contributed by atoms with Gasteiger partial charge in [-0.1, -0.05) is 30.3 Å². The number of nitrogens with zero attached hydrogens (tertiary/aromatic N) is 2. The van der Waals surface area contributed by atoms with Gasteiger partial charge < -0.3 is 15.7 Å². The zero-order chi connectivity index (χ0) is 19.7. The minimum Gasteiger partial charge on any atom is -0.477 e. The molecule has 1 unspecified atom stereocenters. The number of benzene rings is 2. The average Bonchev–Trinajstić information content (AvgIpc) is 3.14. The fourth-order valence-corrected chi connectivity index (χ4v) is 3.01. The lowest BCUT2D eigenvalue weighted by molar-refractivity contribution is -0.132. The molecule has 0 saturated carbocycles. The molecule has 0 aliphatic carbocycles. The molecular formula is C20H15FN4O3. The molecular weight excluding hydrogens is 363 g/mol. The van der Waals surface area contributed by atoms with Gasteiger partial charge in [-0.15, -0.1) is 0 Å². The molecule has 3 aromatic rings. The highest BCUT2D eigenvalue weighted by molar-refractivity contribution is 6.08. The molecule has 0 saturated heterocycles. The zero-order valence-electron chi connectivity index (χ0n) is 14.5. The van der Waals surface area contributed by atoms with E-state index in [4.69, 9.17) is 0 Å². The first-order valence-corrected chi connectivity index (χ1v) is 8.44. The predicted molar refractivity (Wildman–Crippen MR) is 101 cm³/mol. The van der Waals surface area contributed by atoms with E-state index in [2.05, 4.69) is 15.7 Å². The van der Waals surface area contributed by atoms with Crippen LogP contribution < -0.4 is 10.6 Å². The van der Waals surface area contributed by atoms with E-state index in [1.165, 1.54) is 30.5 Å². The number of carbonyl (C=O) groups excluding carboxylic acids is 1. The largest absolute Gasteiger partial charge is 0.477 e. The molecule has 1 aliphatic rings. The van der Waals surface area contributed by atoms with Crippen molar-refractivity contribution < 1.29 is 19.1 Å². The molecule has 28 heavy (non-hydrogen) atoms. The molecule has 1 amide bonds. The number of anilines is 2. The second-order valence-electron chi connectivity index (χ2n) is 6.18. The predicted octanol–water partition coefficient (Wildman–Crippen LogP) is 3.26. The maximum atomic E-state index is 13.0. The summed E-state index contributed by atoms with van der Waals surface area (Å²) >= 11 is 0. The highest BCUT2D eigenvalue weighted by Gasteiger charge is 2.29. The lowest BCUT2D eigenvalue weighted by atomic mass is 10.0. The number of halogens is 1. The summed E-state index contributed by atoms with van der Waals surface area (Å²) in [6.07, 6.45) is 2.91. The molecule has 0 fully saturated rings. The lowest BCUT2D eigenvalue weighted by Gasteiger charge is -2.24. The number of amides is 1. The van der Waals surface area contributed by atoms with E-state index in [1.54, 1.807) is 10.8 Å². The normalized spacial score (nSPS) is 15.2. The van der Waals surface area contributed by atoms with Gasteiger partial charge in [0, 0.05) is 5.69 Å². The Kier molecular flexibility index (Phi) is 4.36. The van der Waals surface area contributed by atoms with Crippen LogP contribution in [0.15, 0.2) is 72.6 Å². The van der Waals surface area contributed by atoms with Crippen LogP contribution >= 0.6 is 0 Å². The third kappa shape index (κ3) is 3.23. The van der Waals surface area contributed by atoms with Crippen molar-refractivity contribution in [2.24, 2.45) is 0 Å². The number of aliphatic carboxylic acids is 1. The molecule has 140 valence electrons. The summed E-state index contributed by atoms with van der Waals surface area (Å²) < 4.78 is 14.6. The van der Waals surface area contributed by atoms with Crippen LogP contribution in [0, 0.1) is 5.82 Å². The van der Waals surface area contributed by atoms with Gasteiger partial charge in [0.25, 0.3) is 5.91 Å². The number of fused-ring (bicyclic) bond motifs is 1. The van der Waals surface area contributed by atoms with Crippen molar-refractivity contribution in [2.75, 3.05) is 10.6 Å². The molecule has 0 bridgehead atoms. The first kappa shape index (κ1) is 17.5. The SMILES string of the molecule is O=C(O)C1=CC(c2ccccc2)n2ncc(C(=O)Nc3ccc(F)cc3)c2N1. The summed E-state index contributed by atoms with van der Waals surface area (Å²) in [6.45, 7) is 0. The van der Waals surface area contributed by atoms with Crippen molar-refractivity contribution >= 4 is 23.4 Å². The van der Waals surface area contributed by atoms with Crippen LogP contribution in [0.1, 0.15) is 22.0 Å². The number of allylic oxidation sites excluding steroid dienone is 1. The minimum absolute atomic E-state index is 0.0438. The Balaban J connectivity index is 1.70. The topological polar surface area (TPSA) is 96.2 Å². The average molecular weight is 378 g/mol. The lowest BCUT2D eigenvalue weighted by Crippen LogP contribution is -2.25. The van der Waals surface area contributed by atoms with E-state index < -0.39 is 23.7 Å². The Morgan fingerprint density at radius 1 is 1.11 bits per heavy atom. The summed E-state index contributed by atoms with van der Waals surface area (Å²) in [5.74, 6) is -1.77. The third-order valence-corrected chi connectivity index (χ3v) is 4.35. The third-order valence-electron chi connectivity index (χ3n) is 4.35. The summed E-state index contributed by atoms with van der Waals surface area (Å²) in [6, 6.07) is 14.1. The van der Waals surface area contributed by atoms with Crippen molar-refractivity contribution in [3.05, 3.63) is 89.5 Å². The number of carboxylic acids is 1. The molecule has 1 aromatic heterocycles. The Morgan fingerprint density at radius 2 is 1.82 bits per heavy atom. The Morgan fingerprint density at radius 3 is 2.50 bits per heavy atom. The molecule has 2 aromatic carbocycles. The molecule has 0 radical (unpaired) electrons. The standard InChI is InChI=1S/C20H15FN4O3/c21-13-6-8-14(9-7-13)23-19(26)15-11-22-25-17(12-4-2-1-3-5-12)10-16(20(27)28)24-18(15)25/h1-11,17,24H,(H,23,26)(H,27,28). The molecule has 1 atom stereocenters. The van der Waals surface area contributed by atoms with Gasteiger partial charge in [0.1, 0.15) is 22.9 Å². The van der Waals surface area contributed by atoms with E-state index >= 15 is 0 Å². The first-order valence-electron chi connectivity index (χ1n) is 8.44. The zero-order valence-corrected chi connectivity index (χ0v) is 14.5. The van der Waals surface area contributed by atoms with Crippen LogP contribution in [0.4, 0.5) is 15.9 Å². The number of aromatic nitrogens is 2. The van der Waals surface area contributed by atoms with Crippen molar-refractivity contribution in [1.82, 2.24) is 9.78 Å². The second-order valence-corrected chi connectivity index (χ2v) is 6.18. The molecule has 7 nitrogen and oxygen atoms in total. The van der Waals surface area contributed by atoms with E-state index in [0.29, 0.717) is 5.69 Å². The highest BCUT2D eigenvalue weighted by atomic mass is 19.1. The molecule has 4 rings (SSSR count). The van der Waals surface area contributed by atoms with E-state index in [1.807, 2.05) is 30.3 Å². The van der Waals surface area contributed by atoms with Crippen molar-refractivity contribution in [1.29, 1.82) is 0 Å². The highest BCUT2D eigenvalue weighted by Crippen LogP contribution is 2.32. The Bertz CT molecular complexity index is 1070. The van der Waals surface area contributed by atoms with Crippen molar-refractivity contribution in [3.63, 3.8) is 0 Å². The fraction of sp³-hybridized carbons (Fsp3) is 0.0500. The summed E-state index contributed by atoms with van der Waals surface area (Å²) in [7, 11) is 0. The molecule has 3 N–H and O–H groups in total. The molecule has 0 spiro atoms. The monoisotopic (exact) mass is 378 g/mol. The van der Waals surface area contributed by atoms with Crippen LogP contribution in [0.5, 0.6) is 0 Å². The van der Waals surface area contributed by atoms with Gasteiger partial charge in [0.05, 0.1) is 12.2 Å². The van der Waals surface area contributed by atoms with Gasteiger partial charge in [0.15, 0.2) is 0 Å². The van der Waals surface area contributed by atoms with Gasteiger partial charge in [0.2, 0.25) is 0 Å². The van der Waals surface area contributed by atoms with E-state index in [9.17, 15) is 19.1 Å². The molecule has 2 heterocycles. The van der Waals surface area contributed by atoms with E-state index in [0.717, 1.165) is 5.56 Å². The summed E-state index contributed by atoms with van der Waals surface area (Å²) in [4.78, 5) is 24.3. The number of nitrogens with one attached hydrogen (secondary N) is 2. The number of carboxylic acid groups (broad SMARTS) is 1. The fourth-order valence-electron chi connectivity index (χ4n) is 3.01. The van der Waals surface area contributed by atoms with Crippen molar-refractivity contribution in [2.45, 2.75) is 6.04 Å². The van der Waals surface area contributed by atoms with E-state index in [-0.39, 0.29) is 17.1 Å². The van der Waals surface area contributed by atoms with Crippen LogP contribution in [-0.4, -0.2) is 26.8 Å².